The van der Waals surface area contributed by atoms with Gasteiger partial charge in [-0.15, -0.1) is 10.2 Å². The van der Waals surface area contributed by atoms with Crippen molar-refractivity contribution in [3.63, 3.8) is 0 Å². The standard InChI is InChI=1S/C20H27N5O4S/c1-15-3-5-16(6-4-15)22-19(27)20-24-23-18(30-20)14-29-13-17(26)21-7-2-8-25-9-11-28-12-10-25/h3-6H,2,7-14H2,1H3,(H,21,26)(H,22,27). The second kappa shape index (κ2) is 11.7. The van der Waals surface area contributed by atoms with Crippen molar-refractivity contribution in [1.82, 2.24) is 20.4 Å². The predicted octanol–water partition coefficient (Wildman–Crippen LogP) is 1.45. The van der Waals surface area contributed by atoms with Gasteiger partial charge in [0.05, 0.1) is 13.2 Å². The first-order valence-electron chi connectivity index (χ1n) is 9.95. The van der Waals surface area contributed by atoms with Gasteiger partial charge in [0.25, 0.3) is 5.91 Å². The van der Waals surface area contributed by atoms with Crippen molar-refractivity contribution >= 4 is 28.8 Å². The maximum Gasteiger partial charge on any atom is 0.286 e. The maximum absolute atomic E-state index is 12.2. The molecule has 0 radical (unpaired) electrons. The summed E-state index contributed by atoms with van der Waals surface area (Å²) in [4.78, 5) is 26.4. The number of carbonyl (C=O) groups is 2. The minimum absolute atomic E-state index is 0.0535. The number of nitrogens with one attached hydrogen (secondary N) is 2. The van der Waals surface area contributed by atoms with Gasteiger partial charge >= 0.3 is 0 Å². The number of hydrogen-bond acceptors (Lipinski definition) is 8. The van der Waals surface area contributed by atoms with Crippen LogP contribution in [-0.4, -0.2) is 72.9 Å². The highest BCUT2D eigenvalue weighted by molar-refractivity contribution is 7.13. The molecule has 0 aliphatic carbocycles. The number of amides is 2. The summed E-state index contributed by atoms with van der Waals surface area (Å²) in [5, 5.41) is 14.3. The van der Waals surface area contributed by atoms with Crippen LogP contribution in [0, 0.1) is 6.92 Å². The largest absolute Gasteiger partial charge is 0.379 e. The number of ether oxygens (including phenoxy) is 2. The van der Waals surface area contributed by atoms with Gasteiger partial charge in [0.1, 0.15) is 18.2 Å². The monoisotopic (exact) mass is 433 g/mol. The SMILES string of the molecule is Cc1ccc(NC(=O)c2nnc(COCC(=O)NCCCN3CCOCC3)s2)cc1. The highest BCUT2D eigenvalue weighted by Crippen LogP contribution is 2.14. The Bertz CT molecular complexity index is 821. The molecule has 2 aromatic rings. The molecule has 3 rings (SSSR count). The maximum atomic E-state index is 12.2. The molecule has 1 aromatic heterocycles. The van der Waals surface area contributed by atoms with Gasteiger partial charge in [-0.1, -0.05) is 29.0 Å². The third-order valence-corrected chi connectivity index (χ3v) is 5.40. The number of benzene rings is 1. The lowest BCUT2D eigenvalue weighted by Gasteiger charge is -2.26. The van der Waals surface area contributed by atoms with E-state index in [0.717, 1.165) is 56.2 Å². The van der Waals surface area contributed by atoms with E-state index in [1.165, 1.54) is 0 Å². The van der Waals surface area contributed by atoms with Crippen LogP contribution in [0.15, 0.2) is 24.3 Å². The molecule has 1 aliphatic heterocycles. The van der Waals surface area contributed by atoms with Crippen molar-refractivity contribution in [1.29, 1.82) is 0 Å². The number of aryl methyl sites for hydroxylation is 1. The highest BCUT2D eigenvalue weighted by Gasteiger charge is 2.14. The van der Waals surface area contributed by atoms with Gasteiger partial charge in [-0.2, -0.15) is 0 Å². The van der Waals surface area contributed by atoms with Crippen LogP contribution in [0.1, 0.15) is 26.8 Å². The molecule has 1 aromatic carbocycles. The van der Waals surface area contributed by atoms with Gasteiger partial charge in [0, 0.05) is 25.3 Å². The zero-order chi connectivity index (χ0) is 21.2. The van der Waals surface area contributed by atoms with E-state index in [9.17, 15) is 9.59 Å². The second-order valence-electron chi connectivity index (χ2n) is 6.97. The molecule has 2 amide bonds. The number of aromatic nitrogens is 2. The number of hydrogen-bond donors (Lipinski definition) is 2. The van der Waals surface area contributed by atoms with Crippen molar-refractivity contribution in [2.45, 2.75) is 20.0 Å². The molecule has 1 fully saturated rings. The normalized spacial score (nSPS) is 14.4. The number of nitrogens with zero attached hydrogens (tertiary/aromatic N) is 3. The summed E-state index contributed by atoms with van der Waals surface area (Å²) in [6, 6.07) is 7.50. The molecular weight excluding hydrogens is 406 g/mol. The van der Waals surface area contributed by atoms with E-state index < -0.39 is 0 Å². The van der Waals surface area contributed by atoms with Crippen molar-refractivity contribution in [3.8, 4) is 0 Å². The molecule has 0 spiro atoms. The second-order valence-corrected chi connectivity index (χ2v) is 8.03. The number of anilines is 1. The Morgan fingerprint density at radius 3 is 2.73 bits per heavy atom. The first-order chi connectivity index (χ1) is 14.6. The van der Waals surface area contributed by atoms with Crippen molar-refractivity contribution < 1.29 is 19.1 Å². The summed E-state index contributed by atoms with van der Waals surface area (Å²) in [6.07, 6.45) is 0.890. The lowest BCUT2D eigenvalue weighted by molar-refractivity contribution is -0.126. The van der Waals surface area contributed by atoms with E-state index in [1.54, 1.807) is 0 Å². The topological polar surface area (TPSA) is 106 Å². The zero-order valence-corrected chi connectivity index (χ0v) is 17.9. The summed E-state index contributed by atoms with van der Waals surface area (Å²) in [6.45, 7) is 7.08. The van der Waals surface area contributed by atoms with E-state index in [1.807, 2.05) is 31.2 Å². The van der Waals surface area contributed by atoms with Crippen LogP contribution >= 0.6 is 11.3 Å². The van der Waals surface area contributed by atoms with Gasteiger partial charge in [0.2, 0.25) is 10.9 Å². The molecule has 1 aliphatic rings. The van der Waals surface area contributed by atoms with Crippen molar-refractivity contribution in [2.24, 2.45) is 0 Å². The Morgan fingerprint density at radius 1 is 1.20 bits per heavy atom. The summed E-state index contributed by atoms with van der Waals surface area (Å²) < 4.78 is 10.7. The summed E-state index contributed by atoms with van der Waals surface area (Å²) in [5.41, 5.74) is 1.81. The van der Waals surface area contributed by atoms with Gasteiger partial charge in [0.15, 0.2) is 0 Å². The van der Waals surface area contributed by atoms with Crippen LogP contribution in [0.25, 0.3) is 0 Å². The molecule has 30 heavy (non-hydrogen) atoms. The molecule has 10 heteroatoms. The molecule has 9 nitrogen and oxygen atoms in total. The van der Waals surface area contributed by atoms with Crippen LogP contribution in [0.5, 0.6) is 0 Å². The third kappa shape index (κ3) is 7.45. The Kier molecular flexibility index (Phi) is 8.69. The van der Waals surface area contributed by atoms with Crippen LogP contribution in [-0.2, 0) is 20.9 Å². The fraction of sp³-hybridized carbons (Fsp3) is 0.500. The highest BCUT2D eigenvalue weighted by atomic mass is 32.1. The van der Waals surface area contributed by atoms with Gasteiger partial charge < -0.3 is 20.1 Å². The lowest BCUT2D eigenvalue weighted by Crippen LogP contribution is -2.38. The zero-order valence-electron chi connectivity index (χ0n) is 17.1. The van der Waals surface area contributed by atoms with Crippen LogP contribution in [0.3, 0.4) is 0 Å². The van der Waals surface area contributed by atoms with Gasteiger partial charge in [-0.3, -0.25) is 14.5 Å². The first-order valence-corrected chi connectivity index (χ1v) is 10.8. The number of carbonyl (C=O) groups excluding carboxylic acids is 2. The Morgan fingerprint density at radius 2 is 1.97 bits per heavy atom. The summed E-state index contributed by atoms with van der Waals surface area (Å²) >= 11 is 1.15. The van der Waals surface area contributed by atoms with Crippen LogP contribution in [0.2, 0.25) is 0 Å². The average Bonchev–Trinajstić information content (AvgIpc) is 3.23. The minimum Gasteiger partial charge on any atom is -0.379 e. The lowest BCUT2D eigenvalue weighted by atomic mass is 10.2. The fourth-order valence-corrected chi connectivity index (χ4v) is 3.53. The Hall–Kier alpha value is -2.40. The number of morpholine rings is 1. The summed E-state index contributed by atoms with van der Waals surface area (Å²) in [7, 11) is 0. The molecule has 0 bridgehead atoms. The summed E-state index contributed by atoms with van der Waals surface area (Å²) in [5.74, 6) is -0.487. The molecule has 0 unspecified atom stereocenters. The van der Waals surface area contributed by atoms with Crippen molar-refractivity contribution in [2.75, 3.05) is 51.3 Å². The Balaban J connectivity index is 1.30. The van der Waals surface area contributed by atoms with Crippen molar-refractivity contribution in [3.05, 3.63) is 39.8 Å². The third-order valence-electron chi connectivity index (χ3n) is 4.51. The minimum atomic E-state index is -0.319. The molecule has 1 saturated heterocycles. The van der Waals surface area contributed by atoms with E-state index in [4.69, 9.17) is 9.47 Å². The average molecular weight is 434 g/mol. The van der Waals surface area contributed by atoms with Crippen LogP contribution in [0.4, 0.5) is 5.69 Å². The molecule has 2 N–H and O–H groups in total. The smallest absolute Gasteiger partial charge is 0.286 e. The molecule has 2 heterocycles. The van der Waals surface area contributed by atoms with Gasteiger partial charge in [-0.05, 0) is 32.0 Å². The fourth-order valence-electron chi connectivity index (χ4n) is 2.86. The van der Waals surface area contributed by atoms with E-state index in [-0.39, 0.29) is 30.0 Å². The quantitative estimate of drug-likeness (QED) is 0.547. The van der Waals surface area contributed by atoms with Crippen LogP contribution < -0.4 is 10.6 Å². The molecule has 0 atom stereocenters. The number of rotatable bonds is 10. The molecule has 0 saturated carbocycles. The Labute approximate surface area is 179 Å². The predicted molar refractivity (Wildman–Crippen MR) is 114 cm³/mol. The van der Waals surface area contributed by atoms with E-state index in [0.29, 0.717) is 17.2 Å². The first kappa shape index (κ1) is 22.3. The van der Waals surface area contributed by atoms with Gasteiger partial charge in [-0.25, -0.2) is 0 Å². The van der Waals surface area contributed by atoms with E-state index in [2.05, 4.69) is 25.7 Å². The molecular formula is C20H27N5O4S. The molecule has 162 valence electrons. The van der Waals surface area contributed by atoms with E-state index >= 15 is 0 Å².